The van der Waals surface area contributed by atoms with Gasteiger partial charge in [-0.3, -0.25) is 4.79 Å². The van der Waals surface area contributed by atoms with E-state index in [0.717, 1.165) is 34.4 Å². The van der Waals surface area contributed by atoms with Crippen molar-refractivity contribution in [3.63, 3.8) is 0 Å². The van der Waals surface area contributed by atoms with Gasteiger partial charge < -0.3 is 19.5 Å². The summed E-state index contributed by atoms with van der Waals surface area (Å²) in [4.78, 5) is 18.1. The highest BCUT2D eigenvalue weighted by Crippen LogP contribution is 2.29. The van der Waals surface area contributed by atoms with Gasteiger partial charge in [-0.25, -0.2) is 4.99 Å². The minimum atomic E-state index is -0.193. The maximum atomic E-state index is 11.7. The summed E-state index contributed by atoms with van der Waals surface area (Å²) >= 11 is 0. The average Bonchev–Trinajstić information content (AvgIpc) is 3.35. The molecule has 1 heterocycles. The third-order valence-corrected chi connectivity index (χ3v) is 5.48. The molecule has 1 aliphatic heterocycles. The van der Waals surface area contributed by atoms with Gasteiger partial charge in [-0.05, 0) is 41.0 Å². The molecule has 1 atom stereocenters. The van der Waals surface area contributed by atoms with Crippen molar-refractivity contribution in [1.29, 1.82) is 0 Å². The number of aliphatic imine (C=N–C) groups is 1. The van der Waals surface area contributed by atoms with Gasteiger partial charge >= 0.3 is 0 Å². The maximum Gasteiger partial charge on any atom is 0.216 e. The van der Waals surface area contributed by atoms with Gasteiger partial charge in [0.15, 0.2) is 0 Å². The molecule has 0 bridgehead atoms. The Morgan fingerprint density at radius 3 is 2.52 bits per heavy atom. The van der Waals surface area contributed by atoms with E-state index in [9.17, 15) is 4.79 Å². The first kappa shape index (κ1) is 22.6. The first-order chi connectivity index (χ1) is 16.3. The van der Waals surface area contributed by atoms with Crippen LogP contribution in [0.5, 0.6) is 5.75 Å². The minimum Gasteiger partial charge on any atom is -0.494 e. The van der Waals surface area contributed by atoms with Gasteiger partial charge in [0.2, 0.25) is 12.3 Å². The molecule has 0 fully saturated rings. The molecule has 6 nitrogen and oxygen atoms in total. The maximum absolute atomic E-state index is 11.7. The number of hydrogen-bond donors (Lipinski definition) is 1. The van der Waals surface area contributed by atoms with E-state index in [4.69, 9.17) is 14.6 Å². The highest BCUT2D eigenvalue weighted by atomic mass is 16.5. The molecular weight excluding hydrogens is 416 g/mol. The fourth-order valence-corrected chi connectivity index (χ4v) is 3.80. The molecule has 1 amide bonds. The van der Waals surface area contributed by atoms with E-state index >= 15 is 0 Å². The fourth-order valence-electron chi connectivity index (χ4n) is 3.80. The Labute approximate surface area is 194 Å². The van der Waals surface area contributed by atoms with Crippen molar-refractivity contribution < 1.29 is 19.4 Å². The molecule has 1 N–H and O–H groups in total. The third-order valence-electron chi connectivity index (χ3n) is 5.48. The van der Waals surface area contributed by atoms with E-state index in [1.165, 1.54) is 0 Å². The van der Waals surface area contributed by atoms with Crippen LogP contribution in [0, 0.1) is 0 Å². The van der Waals surface area contributed by atoms with Gasteiger partial charge in [0.25, 0.3) is 0 Å². The summed E-state index contributed by atoms with van der Waals surface area (Å²) in [6.45, 7) is 2.18. The summed E-state index contributed by atoms with van der Waals surface area (Å²) in [5.41, 5.74) is 4.08. The van der Waals surface area contributed by atoms with Gasteiger partial charge in [-0.2, -0.15) is 0 Å². The Balaban J connectivity index is 1.41. The predicted molar refractivity (Wildman–Crippen MR) is 127 cm³/mol. The van der Waals surface area contributed by atoms with Crippen LogP contribution in [0.15, 0.2) is 83.9 Å². The highest BCUT2D eigenvalue weighted by molar-refractivity contribution is 5.95. The van der Waals surface area contributed by atoms with Gasteiger partial charge in [0.1, 0.15) is 11.9 Å². The molecule has 3 aromatic rings. The van der Waals surface area contributed by atoms with Crippen LogP contribution in [0.25, 0.3) is 0 Å². The molecule has 4 rings (SSSR count). The second kappa shape index (κ2) is 11.3. The molecule has 0 saturated carbocycles. The van der Waals surface area contributed by atoms with E-state index in [2.05, 4.69) is 4.99 Å². The molecule has 0 aliphatic carbocycles. The topological polar surface area (TPSA) is 71.4 Å². The standard InChI is InChI=1S/C27H28N2O4/c30-15-6-16-32-24-13-11-22(12-14-24)27-28-17-26(33-27)25-10-5-4-9-23(25)19-29(20-31)18-21-7-2-1-3-8-21/h1-5,7-14,20,26,30H,6,15-19H2. The van der Waals surface area contributed by atoms with Crippen molar-refractivity contribution in [3.8, 4) is 5.75 Å². The molecule has 1 unspecified atom stereocenters. The van der Waals surface area contributed by atoms with Crippen LogP contribution < -0.4 is 4.74 Å². The Kier molecular flexibility index (Phi) is 7.72. The number of hydrogen-bond acceptors (Lipinski definition) is 5. The van der Waals surface area contributed by atoms with Crippen LogP contribution >= 0.6 is 0 Å². The van der Waals surface area contributed by atoms with Gasteiger partial charge in [-0.15, -0.1) is 0 Å². The molecule has 170 valence electrons. The highest BCUT2D eigenvalue weighted by Gasteiger charge is 2.25. The van der Waals surface area contributed by atoms with Crippen molar-refractivity contribution in [1.82, 2.24) is 4.90 Å². The largest absolute Gasteiger partial charge is 0.494 e. The molecule has 3 aromatic carbocycles. The van der Waals surface area contributed by atoms with Crippen molar-refractivity contribution in [2.24, 2.45) is 4.99 Å². The normalized spacial score (nSPS) is 14.9. The van der Waals surface area contributed by atoms with E-state index in [0.29, 0.717) is 38.6 Å². The number of aliphatic hydroxyl groups excluding tert-OH is 1. The summed E-state index contributed by atoms with van der Waals surface area (Å²) in [6.07, 6.45) is 1.30. The summed E-state index contributed by atoms with van der Waals surface area (Å²) in [5.74, 6) is 1.35. The van der Waals surface area contributed by atoms with Crippen molar-refractivity contribution >= 4 is 12.3 Å². The number of carbonyl (C=O) groups is 1. The van der Waals surface area contributed by atoms with E-state index in [1.54, 1.807) is 4.90 Å². The SMILES string of the molecule is O=CN(Cc1ccccc1)Cc1ccccc1C1CN=C(c2ccc(OCCCO)cc2)O1. The van der Waals surface area contributed by atoms with Crippen LogP contribution in [-0.2, 0) is 22.6 Å². The zero-order valence-corrected chi connectivity index (χ0v) is 18.5. The molecule has 0 aromatic heterocycles. The minimum absolute atomic E-state index is 0.114. The number of ether oxygens (including phenoxy) is 2. The molecule has 0 radical (unpaired) electrons. The van der Waals surface area contributed by atoms with Crippen LogP contribution in [-0.4, -0.2) is 42.1 Å². The Morgan fingerprint density at radius 1 is 1.00 bits per heavy atom. The second-order valence-electron chi connectivity index (χ2n) is 7.90. The molecule has 0 spiro atoms. The fraction of sp³-hybridized carbons (Fsp3) is 0.259. The van der Waals surface area contributed by atoms with Crippen molar-refractivity contribution in [2.75, 3.05) is 19.8 Å². The lowest BCUT2D eigenvalue weighted by molar-refractivity contribution is -0.119. The summed E-state index contributed by atoms with van der Waals surface area (Å²) in [7, 11) is 0. The van der Waals surface area contributed by atoms with E-state index in [1.807, 2.05) is 78.9 Å². The summed E-state index contributed by atoms with van der Waals surface area (Å²) < 4.78 is 11.8. The lowest BCUT2D eigenvalue weighted by Gasteiger charge is -2.21. The zero-order valence-electron chi connectivity index (χ0n) is 18.5. The molecule has 0 saturated heterocycles. The Morgan fingerprint density at radius 2 is 1.76 bits per heavy atom. The molecular formula is C27H28N2O4. The van der Waals surface area contributed by atoms with Gasteiger partial charge in [0.05, 0.1) is 13.2 Å². The summed E-state index contributed by atoms with van der Waals surface area (Å²) in [6, 6.07) is 25.6. The quantitative estimate of drug-likeness (QED) is 0.357. The second-order valence-corrected chi connectivity index (χ2v) is 7.90. The number of aliphatic hydroxyl groups is 1. The van der Waals surface area contributed by atoms with E-state index in [-0.39, 0.29) is 12.7 Å². The van der Waals surface area contributed by atoms with Crippen LogP contribution in [0.3, 0.4) is 0 Å². The number of benzene rings is 3. The van der Waals surface area contributed by atoms with Crippen LogP contribution in [0.1, 0.15) is 34.8 Å². The predicted octanol–water partition coefficient (Wildman–Crippen LogP) is 4.12. The van der Waals surface area contributed by atoms with Crippen LogP contribution in [0.2, 0.25) is 0 Å². The van der Waals surface area contributed by atoms with Crippen LogP contribution in [0.4, 0.5) is 0 Å². The third kappa shape index (κ3) is 5.99. The number of carbonyl (C=O) groups excluding carboxylic acids is 1. The first-order valence-electron chi connectivity index (χ1n) is 11.1. The Hall–Kier alpha value is -3.64. The van der Waals surface area contributed by atoms with Gasteiger partial charge in [0, 0.05) is 31.7 Å². The lowest BCUT2D eigenvalue weighted by atomic mass is 10.0. The number of amides is 1. The smallest absolute Gasteiger partial charge is 0.216 e. The molecule has 1 aliphatic rings. The monoisotopic (exact) mass is 444 g/mol. The summed E-state index contributed by atoms with van der Waals surface area (Å²) in [5, 5.41) is 8.87. The zero-order chi connectivity index (χ0) is 22.9. The lowest BCUT2D eigenvalue weighted by Crippen LogP contribution is -2.22. The molecule has 33 heavy (non-hydrogen) atoms. The first-order valence-corrected chi connectivity index (χ1v) is 11.1. The Bertz CT molecular complexity index is 1070. The number of rotatable bonds is 11. The van der Waals surface area contributed by atoms with Gasteiger partial charge in [-0.1, -0.05) is 54.6 Å². The van der Waals surface area contributed by atoms with Crippen molar-refractivity contribution in [2.45, 2.75) is 25.6 Å². The number of nitrogens with zero attached hydrogens (tertiary/aromatic N) is 2. The van der Waals surface area contributed by atoms with Crippen molar-refractivity contribution in [3.05, 3.63) is 101 Å². The average molecular weight is 445 g/mol. The van der Waals surface area contributed by atoms with E-state index < -0.39 is 0 Å². The molecule has 6 heteroatoms.